The van der Waals surface area contributed by atoms with Crippen molar-refractivity contribution in [3.05, 3.63) is 82.4 Å². The van der Waals surface area contributed by atoms with Gasteiger partial charge in [0.15, 0.2) is 11.5 Å². The number of aromatic nitrogens is 4. The molecule has 0 radical (unpaired) electrons. The Morgan fingerprint density at radius 2 is 2.06 bits per heavy atom. The molecule has 1 aromatic carbocycles. The van der Waals surface area contributed by atoms with Crippen LogP contribution >= 0.6 is 11.6 Å². The minimum atomic E-state index is -4.48. The van der Waals surface area contributed by atoms with E-state index in [1.165, 1.54) is 35.4 Å². The lowest BCUT2D eigenvalue weighted by molar-refractivity contribution is -0.138. The standard InChI is InChI=1S/C21H15ClF3N5O2/c1-12-4-5-13(15(7-12)21(23,24)25)10-30-11-14(9-27-30)28-20(31)17-8-18(32-29-17)19-16(22)3-2-6-26-19/h2-9,11H,10H2,1H3,(H,28,31). The Labute approximate surface area is 184 Å². The van der Waals surface area contributed by atoms with E-state index >= 15 is 0 Å². The molecule has 164 valence electrons. The second kappa shape index (κ2) is 8.46. The molecule has 0 atom stereocenters. The van der Waals surface area contributed by atoms with Gasteiger partial charge in [0.1, 0.15) is 5.69 Å². The van der Waals surface area contributed by atoms with Crippen molar-refractivity contribution >= 4 is 23.2 Å². The summed E-state index contributed by atoms with van der Waals surface area (Å²) in [6.45, 7) is 1.48. The quantitative estimate of drug-likeness (QED) is 0.440. The van der Waals surface area contributed by atoms with Crippen LogP contribution in [0.4, 0.5) is 18.9 Å². The van der Waals surface area contributed by atoms with E-state index in [1.807, 2.05) is 0 Å². The van der Waals surface area contributed by atoms with Gasteiger partial charge in [0.05, 0.1) is 29.0 Å². The number of anilines is 1. The molecule has 0 aliphatic carbocycles. The highest BCUT2D eigenvalue weighted by Gasteiger charge is 2.33. The number of alkyl halides is 3. The average molecular weight is 462 g/mol. The van der Waals surface area contributed by atoms with Gasteiger partial charge in [-0.25, -0.2) is 0 Å². The molecule has 1 N–H and O–H groups in total. The van der Waals surface area contributed by atoms with Gasteiger partial charge in [0.25, 0.3) is 5.91 Å². The van der Waals surface area contributed by atoms with Crippen LogP contribution in [0.25, 0.3) is 11.5 Å². The van der Waals surface area contributed by atoms with Crippen LogP contribution in [-0.4, -0.2) is 25.8 Å². The Balaban J connectivity index is 1.48. The maximum Gasteiger partial charge on any atom is 0.416 e. The lowest BCUT2D eigenvalue weighted by Crippen LogP contribution is -2.13. The summed E-state index contributed by atoms with van der Waals surface area (Å²) >= 11 is 6.06. The molecule has 0 spiro atoms. The van der Waals surface area contributed by atoms with E-state index in [0.717, 1.165) is 6.07 Å². The first-order valence-electron chi connectivity index (χ1n) is 9.29. The Kier molecular flexibility index (Phi) is 5.70. The van der Waals surface area contributed by atoms with Gasteiger partial charge in [0, 0.05) is 18.5 Å². The summed E-state index contributed by atoms with van der Waals surface area (Å²) in [4.78, 5) is 16.5. The third-order valence-corrected chi connectivity index (χ3v) is 4.83. The number of benzene rings is 1. The van der Waals surface area contributed by atoms with E-state index in [2.05, 4.69) is 20.6 Å². The van der Waals surface area contributed by atoms with Crippen LogP contribution in [0.1, 0.15) is 27.2 Å². The number of hydrogen-bond donors (Lipinski definition) is 1. The topological polar surface area (TPSA) is 85.8 Å². The molecule has 0 bridgehead atoms. The zero-order valence-corrected chi connectivity index (χ0v) is 17.3. The second-order valence-corrected chi connectivity index (χ2v) is 7.36. The van der Waals surface area contributed by atoms with E-state index in [0.29, 0.717) is 16.3 Å². The molecule has 11 heteroatoms. The van der Waals surface area contributed by atoms with Crippen LogP contribution in [0.3, 0.4) is 0 Å². The monoisotopic (exact) mass is 461 g/mol. The van der Waals surface area contributed by atoms with E-state index in [9.17, 15) is 18.0 Å². The first-order chi connectivity index (χ1) is 15.2. The molecular formula is C21H15ClF3N5O2. The third kappa shape index (κ3) is 4.65. The van der Waals surface area contributed by atoms with Crippen molar-refractivity contribution in [1.82, 2.24) is 19.9 Å². The van der Waals surface area contributed by atoms with Crippen molar-refractivity contribution in [2.45, 2.75) is 19.6 Å². The van der Waals surface area contributed by atoms with Crippen LogP contribution in [0, 0.1) is 6.92 Å². The smallest absolute Gasteiger partial charge is 0.354 e. The second-order valence-electron chi connectivity index (χ2n) is 6.95. The predicted octanol–water partition coefficient (Wildman–Crippen LogP) is 5.21. The zero-order valence-electron chi connectivity index (χ0n) is 16.5. The number of pyridine rings is 1. The van der Waals surface area contributed by atoms with Gasteiger partial charge in [-0.3, -0.25) is 14.5 Å². The fraction of sp³-hybridized carbons (Fsp3) is 0.143. The first-order valence-corrected chi connectivity index (χ1v) is 9.66. The number of hydrogen-bond acceptors (Lipinski definition) is 5. The van der Waals surface area contributed by atoms with Crippen LogP contribution in [-0.2, 0) is 12.7 Å². The molecular weight excluding hydrogens is 447 g/mol. The number of rotatable bonds is 5. The molecule has 0 fully saturated rings. The minimum absolute atomic E-state index is 0.0210. The predicted molar refractivity (Wildman–Crippen MR) is 110 cm³/mol. The van der Waals surface area contributed by atoms with Gasteiger partial charge in [-0.05, 0) is 30.7 Å². The summed E-state index contributed by atoms with van der Waals surface area (Å²) in [7, 11) is 0. The molecule has 0 saturated heterocycles. The highest BCUT2D eigenvalue weighted by atomic mass is 35.5. The highest BCUT2D eigenvalue weighted by molar-refractivity contribution is 6.32. The van der Waals surface area contributed by atoms with Gasteiger partial charge in [-0.2, -0.15) is 18.3 Å². The zero-order chi connectivity index (χ0) is 22.9. The Morgan fingerprint density at radius 1 is 1.25 bits per heavy atom. The average Bonchev–Trinajstić information content (AvgIpc) is 3.39. The Morgan fingerprint density at radius 3 is 2.81 bits per heavy atom. The van der Waals surface area contributed by atoms with Gasteiger partial charge in [-0.1, -0.05) is 34.5 Å². The van der Waals surface area contributed by atoms with Gasteiger partial charge in [-0.15, -0.1) is 0 Å². The van der Waals surface area contributed by atoms with Crippen LogP contribution in [0.2, 0.25) is 5.02 Å². The van der Waals surface area contributed by atoms with Crippen molar-refractivity contribution in [3.8, 4) is 11.5 Å². The minimum Gasteiger partial charge on any atom is -0.354 e. The highest BCUT2D eigenvalue weighted by Crippen LogP contribution is 2.33. The molecule has 4 aromatic rings. The lowest BCUT2D eigenvalue weighted by atomic mass is 10.0. The van der Waals surface area contributed by atoms with Crippen molar-refractivity contribution in [1.29, 1.82) is 0 Å². The fourth-order valence-corrected chi connectivity index (χ4v) is 3.25. The Hall–Kier alpha value is -3.66. The molecule has 1 amide bonds. The molecule has 3 heterocycles. The molecule has 7 nitrogen and oxygen atoms in total. The number of nitrogens with one attached hydrogen (secondary N) is 1. The lowest BCUT2D eigenvalue weighted by Gasteiger charge is -2.13. The summed E-state index contributed by atoms with van der Waals surface area (Å²) in [5.41, 5.74) is 0.461. The molecule has 0 aliphatic rings. The number of carbonyl (C=O) groups is 1. The van der Waals surface area contributed by atoms with Crippen molar-refractivity contribution in [3.63, 3.8) is 0 Å². The normalized spacial score (nSPS) is 11.5. The summed E-state index contributed by atoms with van der Waals surface area (Å²) in [6.07, 6.45) is -0.201. The van der Waals surface area contributed by atoms with Crippen molar-refractivity contribution < 1.29 is 22.5 Å². The van der Waals surface area contributed by atoms with Crippen molar-refractivity contribution in [2.75, 3.05) is 5.32 Å². The van der Waals surface area contributed by atoms with Crippen LogP contribution < -0.4 is 5.32 Å². The number of aryl methyl sites for hydroxylation is 1. The summed E-state index contributed by atoms with van der Waals surface area (Å²) < 4.78 is 46.4. The van der Waals surface area contributed by atoms with Crippen LogP contribution in [0.15, 0.2) is 59.5 Å². The SMILES string of the molecule is Cc1ccc(Cn2cc(NC(=O)c3cc(-c4ncccc4Cl)on3)cn2)c(C(F)(F)F)c1. The van der Waals surface area contributed by atoms with Gasteiger partial charge in [0.2, 0.25) is 0 Å². The molecule has 3 aromatic heterocycles. The van der Waals surface area contributed by atoms with Crippen molar-refractivity contribution in [2.24, 2.45) is 0 Å². The molecule has 0 unspecified atom stereocenters. The largest absolute Gasteiger partial charge is 0.416 e. The van der Waals surface area contributed by atoms with Crippen LogP contribution in [0.5, 0.6) is 0 Å². The summed E-state index contributed by atoms with van der Waals surface area (Å²) in [5.74, 6) is -0.367. The van der Waals surface area contributed by atoms with E-state index < -0.39 is 17.6 Å². The number of nitrogens with zero attached hydrogens (tertiary/aromatic N) is 4. The third-order valence-electron chi connectivity index (χ3n) is 4.53. The van der Waals surface area contributed by atoms with Gasteiger partial charge >= 0.3 is 6.18 Å². The molecule has 32 heavy (non-hydrogen) atoms. The summed E-state index contributed by atoms with van der Waals surface area (Å²) in [6, 6.07) is 8.78. The van der Waals surface area contributed by atoms with E-state index in [1.54, 1.807) is 25.1 Å². The fourth-order valence-electron chi connectivity index (χ4n) is 3.04. The molecule has 4 rings (SSSR count). The maximum atomic E-state index is 13.3. The Bertz CT molecular complexity index is 1280. The first kappa shape index (κ1) is 21.6. The molecule has 0 saturated carbocycles. The number of carbonyl (C=O) groups excluding carboxylic acids is 1. The van der Waals surface area contributed by atoms with E-state index in [4.69, 9.17) is 16.1 Å². The number of halogens is 4. The molecule has 0 aliphatic heterocycles. The van der Waals surface area contributed by atoms with E-state index in [-0.39, 0.29) is 29.2 Å². The number of amides is 1. The summed E-state index contributed by atoms with van der Waals surface area (Å²) in [5, 5.41) is 10.7. The maximum absolute atomic E-state index is 13.3. The van der Waals surface area contributed by atoms with Gasteiger partial charge < -0.3 is 9.84 Å².